The van der Waals surface area contributed by atoms with E-state index >= 15 is 0 Å². The average Bonchev–Trinajstić information content (AvgIpc) is 2.39. The number of amides is 1. The first-order chi connectivity index (χ1) is 9.16. The van der Waals surface area contributed by atoms with Gasteiger partial charge in [0.05, 0.1) is 5.56 Å². The summed E-state index contributed by atoms with van der Waals surface area (Å²) in [6, 6.07) is 15.7. The molecule has 0 saturated carbocycles. The molecule has 0 aliphatic heterocycles. The molecule has 0 fully saturated rings. The summed E-state index contributed by atoms with van der Waals surface area (Å²) < 4.78 is 5.00. The second-order valence-corrected chi connectivity index (χ2v) is 3.91. The van der Waals surface area contributed by atoms with Crippen molar-refractivity contribution in [1.29, 1.82) is 0 Å². The molecule has 0 unspecified atom stereocenters. The number of hydrogen-bond acceptors (Lipinski definition) is 3. The van der Waals surface area contributed by atoms with Gasteiger partial charge in [0.2, 0.25) is 0 Å². The van der Waals surface area contributed by atoms with E-state index in [1.807, 2.05) is 18.2 Å². The fourth-order valence-electron chi connectivity index (χ4n) is 1.62. The fraction of sp³-hybridized carbons (Fsp3) is 0.0667. The van der Waals surface area contributed by atoms with Crippen LogP contribution in [0.2, 0.25) is 0 Å². The Bertz CT molecular complexity index is 593. The third-order valence-electron chi connectivity index (χ3n) is 2.42. The number of anilines is 1. The van der Waals surface area contributed by atoms with Crippen molar-refractivity contribution < 1.29 is 14.3 Å². The van der Waals surface area contributed by atoms with Gasteiger partial charge in [-0.3, -0.25) is 9.59 Å². The summed E-state index contributed by atoms with van der Waals surface area (Å²) in [5.74, 6) is -0.522. The minimum atomic E-state index is -0.458. The van der Waals surface area contributed by atoms with Gasteiger partial charge < -0.3 is 10.1 Å². The number of carbonyl (C=O) groups is 2. The number of para-hydroxylation sites is 2. The van der Waals surface area contributed by atoms with Crippen molar-refractivity contribution in [2.24, 2.45) is 0 Å². The summed E-state index contributed by atoms with van der Waals surface area (Å²) in [5, 5.41) is 2.74. The lowest BCUT2D eigenvalue weighted by Crippen LogP contribution is -2.14. The number of ether oxygens (including phenoxy) is 1. The van der Waals surface area contributed by atoms with E-state index < -0.39 is 5.97 Å². The maximum absolute atomic E-state index is 12.1. The molecule has 0 saturated heterocycles. The van der Waals surface area contributed by atoms with Crippen LogP contribution in [0, 0.1) is 0 Å². The van der Waals surface area contributed by atoms with Crippen molar-refractivity contribution in [1.82, 2.24) is 0 Å². The highest BCUT2D eigenvalue weighted by Crippen LogP contribution is 2.19. The molecule has 0 atom stereocenters. The molecular formula is C15H13NO3. The highest BCUT2D eigenvalue weighted by Gasteiger charge is 2.13. The zero-order chi connectivity index (χ0) is 13.7. The lowest BCUT2D eigenvalue weighted by Gasteiger charge is -2.09. The number of carbonyl (C=O) groups excluding carboxylic acids is 2. The van der Waals surface area contributed by atoms with Crippen LogP contribution in [0.3, 0.4) is 0 Å². The Kier molecular flexibility index (Phi) is 3.93. The predicted octanol–water partition coefficient (Wildman–Crippen LogP) is 2.86. The summed E-state index contributed by atoms with van der Waals surface area (Å²) in [5.41, 5.74) is 1.01. The Labute approximate surface area is 111 Å². The average molecular weight is 257 g/mol. The van der Waals surface area contributed by atoms with Crippen LogP contribution in [0.25, 0.3) is 0 Å². The minimum absolute atomic E-state index is 0.253. The van der Waals surface area contributed by atoms with E-state index in [4.69, 9.17) is 4.74 Å². The Hall–Kier alpha value is -2.62. The second kappa shape index (κ2) is 5.82. The van der Waals surface area contributed by atoms with Gasteiger partial charge in [0.15, 0.2) is 0 Å². The number of benzene rings is 2. The van der Waals surface area contributed by atoms with Gasteiger partial charge in [0.25, 0.3) is 5.91 Å². The topological polar surface area (TPSA) is 55.4 Å². The molecule has 2 rings (SSSR count). The zero-order valence-corrected chi connectivity index (χ0v) is 10.4. The van der Waals surface area contributed by atoms with Gasteiger partial charge in [-0.05, 0) is 24.3 Å². The molecule has 4 nitrogen and oxygen atoms in total. The molecule has 96 valence electrons. The molecule has 19 heavy (non-hydrogen) atoms. The SMILES string of the molecule is CC(=O)Oc1ccccc1C(=[18O])Nc1ccccc1. The molecule has 0 aromatic heterocycles. The number of esters is 1. The van der Waals surface area contributed by atoms with Crippen LogP contribution in [0.15, 0.2) is 54.6 Å². The Morgan fingerprint density at radius 1 is 1.05 bits per heavy atom. The van der Waals surface area contributed by atoms with Gasteiger partial charge in [-0.15, -0.1) is 0 Å². The summed E-state index contributed by atoms with van der Waals surface area (Å²) in [4.78, 5) is 23.1. The molecule has 2 aromatic carbocycles. The number of hydrogen-bond donors (Lipinski definition) is 1. The molecule has 0 heterocycles. The van der Waals surface area contributed by atoms with E-state index in [1.165, 1.54) is 6.92 Å². The van der Waals surface area contributed by atoms with Crippen molar-refractivity contribution in [2.75, 3.05) is 5.32 Å². The highest BCUT2D eigenvalue weighted by molar-refractivity contribution is 6.06. The lowest BCUT2D eigenvalue weighted by molar-refractivity contribution is -0.131. The molecule has 1 N–H and O–H groups in total. The van der Waals surface area contributed by atoms with E-state index in [2.05, 4.69) is 5.32 Å². The quantitative estimate of drug-likeness (QED) is 0.522. The lowest BCUT2D eigenvalue weighted by atomic mass is 10.2. The molecule has 0 spiro atoms. The van der Waals surface area contributed by atoms with E-state index in [-0.39, 0.29) is 11.7 Å². The third-order valence-corrected chi connectivity index (χ3v) is 2.42. The first kappa shape index (κ1) is 12.8. The van der Waals surface area contributed by atoms with Crippen LogP contribution in [-0.2, 0) is 4.79 Å². The van der Waals surface area contributed by atoms with Gasteiger partial charge >= 0.3 is 5.97 Å². The Morgan fingerprint density at radius 2 is 1.68 bits per heavy atom. The first-order valence-electron chi connectivity index (χ1n) is 5.80. The van der Waals surface area contributed by atoms with Gasteiger partial charge in [0.1, 0.15) is 5.75 Å². The molecule has 4 heteroatoms. The van der Waals surface area contributed by atoms with Crippen LogP contribution < -0.4 is 10.1 Å². The van der Waals surface area contributed by atoms with Crippen LogP contribution in [-0.4, -0.2) is 11.9 Å². The zero-order valence-electron chi connectivity index (χ0n) is 10.4. The van der Waals surface area contributed by atoms with Gasteiger partial charge in [-0.25, -0.2) is 0 Å². The van der Waals surface area contributed by atoms with Crippen LogP contribution >= 0.6 is 0 Å². The highest BCUT2D eigenvalue weighted by atomic mass is 18.1. The molecular weight excluding hydrogens is 244 g/mol. The monoisotopic (exact) mass is 257 g/mol. The van der Waals surface area contributed by atoms with Crippen molar-refractivity contribution >= 4 is 17.6 Å². The maximum atomic E-state index is 12.1. The van der Waals surface area contributed by atoms with Crippen LogP contribution in [0.1, 0.15) is 17.3 Å². The van der Waals surface area contributed by atoms with Gasteiger partial charge in [-0.2, -0.15) is 0 Å². The molecule has 0 radical (unpaired) electrons. The van der Waals surface area contributed by atoms with Gasteiger partial charge in [0, 0.05) is 12.6 Å². The Morgan fingerprint density at radius 3 is 2.37 bits per heavy atom. The predicted molar refractivity (Wildman–Crippen MR) is 72.1 cm³/mol. The van der Waals surface area contributed by atoms with Crippen LogP contribution in [0.4, 0.5) is 5.69 Å². The van der Waals surface area contributed by atoms with E-state index in [0.29, 0.717) is 11.3 Å². The standard InChI is InChI=1S/C15H13NO3/c1-11(17)19-14-10-6-5-9-13(14)15(18)16-12-7-3-2-4-8-12/h2-10H,1H3,(H,16,18)/i18+2. The van der Waals surface area contributed by atoms with E-state index in [0.717, 1.165) is 0 Å². The van der Waals surface area contributed by atoms with Crippen molar-refractivity contribution in [3.63, 3.8) is 0 Å². The fourth-order valence-corrected chi connectivity index (χ4v) is 1.62. The molecule has 1 amide bonds. The number of nitrogens with one attached hydrogen (secondary N) is 1. The molecule has 0 bridgehead atoms. The molecule has 0 aliphatic carbocycles. The number of rotatable bonds is 3. The van der Waals surface area contributed by atoms with Crippen molar-refractivity contribution in [3.8, 4) is 5.75 Å². The van der Waals surface area contributed by atoms with E-state index in [9.17, 15) is 9.59 Å². The molecule has 0 aliphatic rings. The largest absolute Gasteiger partial charge is 0.426 e. The van der Waals surface area contributed by atoms with E-state index in [1.54, 1.807) is 36.4 Å². The summed E-state index contributed by atoms with van der Waals surface area (Å²) in [7, 11) is 0. The third kappa shape index (κ3) is 3.42. The van der Waals surface area contributed by atoms with Gasteiger partial charge in [-0.1, -0.05) is 30.3 Å². The first-order valence-corrected chi connectivity index (χ1v) is 5.80. The summed E-state index contributed by atoms with van der Waals surface area (Å²) in [6.07, 6.45) is 0. The maximum Gasteiger partial charge on any atom is 0.308 e. The summed E-state index contributed by atoms with van der Waals surface area (Å²) >= 11 is 0. The second-order valence-electron chi connectivity index (χ2n) is 3.91. The smallest absolute Gasteiger partial charge is 0.308 e. The minimum Gasteiger partial charge on any atom is -0.426 e. The normalized spacial score (nSPS) is 9.74. The van der Waals surface area contributed by atoms with Crippen LogP contribution in [0.5, 0.6) is 5.75 Å². The Balaban J connectivity index is 2.21. The molecule has 2 aromatic rings. The van der Waals surface area contributed by atoms with Crippen molar-refractivity contribution in [2.45, 2.75) is 6.92 Å². The van der Waals surface area contributed by atoms with Crippen molar-refractivity contribution in [3.05, 3.63) is 60.2 Å². The summed E-state index contributed by atoms with van der Waals surface area (Å²) in [6.45, 7) is 1.30.